The normalized spacial score (nSPS) is 13.9. The molecular formula is C15H20N2O3S. The van der Waals surface area contributed by atoms with Gasteiger partial charge in [0.25, 0.3) is 0 Å². The first-order chi connectivity index (χ1) is 9.63. The van der Waals surface area contributed by atoms with Gasteiger partial charge in [-0.2, -0.15) is 5.26 Å². The molecule has 1 aromatic rings. The van der Waals surface area contributed by atoms with Crippen LogP contribution < -0.4 is 0 Å². The average Bonchev–Trinajstić information content (AvgIpc) is 2.29. The second-order valence-electron chi connectivity index (χ2n) is 5.78. The minimum atomic E-state index is -2.99. The number of hydrogen-bond acceptors (Lipinski definition) is 4. The zero-order chi connectivity index (χ0) is 16.1. The largest absolute Gasteiger partial charge is 0.442 e. The highest BCUT2D eigenvalue weighted by Gasteiger charge is 2.19. The molecule has 0 aliphatic rings. The van der Waals surface area contributed by atoms with Crippen molar-refractivity contribution >= 4 is 15.8 Å². The fourth-order valence-corrected chi connectivity index (χ4v) is 3.03. The van der Waals surface area contributed by atoms with Crippen molar-refractivity contribution < 1.29 is 13.7 Å². The lowest BCUT2D eigenvalue weighted by Crippen LogP contribution is -2.23. The smallest absolute Gasteiger partial charge is 0.442 e. The standard InChI is InChI=1S/C15H20N2O3S/c1-12-5-7-13(8-6-12)11-21(19,10-9-16)17-14(18)20-15(2,3)4/h5-8H,10-11H2,1-4H3. The van der Waals surface area contributed by atoms with Crippen LogP contribution in [0.5, 0.6) is 0 Å². The van der Waals surface area contributed by atoms with E-state index in [1.807, 2.05) is 37.3 Å². The Balaban J connectivity index is 3.03. The van der Waals surface area contributed by atoms with Crippen LogP contribution >= 0.6 is 0 Å². The summed E-state index contributed by atoms with van der Waals surface area (Å²) in [7, 11) is -2.99. The molecule has 1 amide bonds. The highest BCUT2D eigenvalue weighted by atomic mass is 32.2. The minimum Gasteiger partial charge on any atom is -0.442 e. The summed E-state index contributed by atoms with van der Waals surface area (Å²) in [6, 6.07) is 9.23. The summed E-state index contributed by atoms with van der Waals surface area (Å²) in [5.41, 5.74) is 1.14. The van der Waals surface area contributed by atoms with Gasteiger partial charge in [0.05, 0.1) is 21.6 Å². The van der Waals surface area contributed by atoms with Gasteiger partial charge in [-0.05, 0) is 33.3 Å². The van der Waals surface area contributed by atoms with Gasteiger partial charge in [0.2, 0.25) is 0 Å². The predicted octanol–water partition coefficient (Wildman–Crippen LogP) is 3.42. The number of rotatable bonds is 3. The molecule has 0 spiro atoms. The monoisotopic (exact) mass is 308 g/mol. The van der Waals surface area contributed by atoms with E-state index in [4.69, 9.17) is 10.00 Å². The molecule has 0 saturated carbocycles. The first-order valence-electron chi connectivity index (χ1n) is 6.51. The number of hydrogen-bond donors (Lipinski definition) is 0. The Labute approximate surface area is 126 Å². The molecule has 114 valence electrons. The molecule has 0 aromatic heterocycles. The van der Waals surface area contributed by atoms with Crippen LogP contribution in [0.2, 0.25) is 0 Å². The van der Waals surface area contributed by atoms with Crippen LogP contribution in [0.4, 0.5) is 4.79 Å². The maximum Gasteiger partial charge on any atom is 0.442 e. The zero-order valence-electron chi connectivity index (χ0n) is 12.8. The van der Waals surface area contributed by atoms with Crippen LogP contribution in [0.3, 0.4) is 0 Å². The summed E-state index contributed by atoms with van der Waals surface area (Å²) in [6.45, 7) is 7.05. The number of amides is 1. The molecule has 0 aliphatic heterocycles. The van der Waals surface area contributed by atoms with Crippen LogP contribution in [-0.4, -0.2) is 21.7 Å². The van der Waals surface area contributed by atoms with Crippen molar-refractivity contribution in [3.05, 3.63) is 35.4 Å². The van der Waals surface area contributed by atoms with Gasteiger partial charge in [-0.25, -0.2) is 9.00 Å². The molecule has 0 heterocycles. The third kappa shape index (κ3) is 6.41. The predicted molar refractivity (Wildman–Crippen MR) is 82.2 cm³/mol. The molecule has 1 rings (SSSR count). The van der Waals surface area contributed by atoms with E-state index in [1.165, 1.54) is 0 Å². The molecule has 21 heavy (non-hydrogen) atoms. The van der Waals surface area contributed by atoms with Crippen molar-refractivity contribution in [3.63, 3.8) is 0 Å². The van der Waals surface area contributed by atoms with Crippen LogP contribution in [0.1, 0.15) is 31.9 Å². The first kappa shape index (κ1) is 17.2. The third-order valence-corrected chi connectivity index (χ3v) is 4.28. The highest BCUT2D eigenvalue weighted by Crippen LogP contribution is 2.14. The Kier molecular flexibility index (Phi) is 5.50. The molecule has 0 saturated heterocycles. The van der Waals surface area contributed by atoms with Crippen molar-refractivity contribution in [1.29, 1.82) is 5.26 Å². The lowest BCUT2D eigenvalue weighted by atomic mass is 10.2. The minimum absolute atomic E-state index is 0.0556. The van der Waals surface area contributed by atoms with Gasteiger partial charge in [-0.15, -0.1) is 4.36 Å². The fraction of sp³-hybridized carbons (Fsp3) is 0.467. The Bertz CT molecular complexity index is 658. The van der Waals surface area contributed by atoms with E-state index in [9.17, 15) is 9.00 Å². The van der Waals surface area contributed by atoms with Crippen molar-refractivity contribution in [2.45, 2.75) is 39.0 Å². The number of carbonyl (C=O) groups is 1. The van der Waals surface area contributed by atoms with E-state index < -0.39 is 21.4 Å². The van der Waals surface area contributed by atoms with E-state index in [-0.39, 0.29) is 11.5 Å². The first-order valence-corrected chi connectivity index (χ1v) is 8.37. The Morgan fingerprint density at radius 2 is 1.90 bits per heavy atom. The maximum atomic E-state index is 12.6. The Morgan fingerprint density at radius 3 is 2.38 bits per heavy atom. The van der Waals surface area contributed by atoms with E-state index >= 15 is 0 Å². The summed E-state index contributed by atoms with van der Waals surface area (Å²) in [6.07, 6.45) is -0.894. The van der Waals surface area contributed by atoms with Crippen LogP contribution in [0.15, 0.2) is 28.6 Å². The molecule has 0 fully saturated rings. The summed E-state index contributed by atoms with van der Waals surface area (Å²) >= 11 is 0. The van der Waals surface area contributed by atoms with E-state index in [0.29, 0.717) is 0 Å². The summed E-state index contributed by atoms with van der Waals surface area (Å²) < 4.78 is 21.3. The number of aryl methyl sites for hydroxylation is 1. The van der Waals surface area contributed by atoms with E-state index in [0.717, 1.165) is 11.1 Å². The van der Waals surface area contributed by atoms with Crippen LogP contribution in [0.25, 0.3) is 0 Å². The Morgan fingerprint density at radius 1 is 1.33 bits per heavy atom. The average molecular weight is 308 g/mol. The molecular weight excluding hydrogens is 288 g/mol. The zero-order valence-corrected chi connectivity index (χ0v) is 13.6. The van der Waals surface area contributed by atoms with Gasteiger partial charge in [-0.3, -0.25) is 0 Å². The van der Waals surface area contributed by atoms with Gasteiger partial charge < -0.3 is 4.74 Å². The van der Waals surface area contributed by atoms with Gasteiger partial charge in [0.1, 0.15) is 11.4 Å². The Hall–Kier alpha value is -1.87. The van der Waals surface area contributed by atoms with Gasteiger partial charge in [0.15, 0.2) is 0 Å². The van der Waals surface area contributed by atoms with Gasteiger partial charge in [0, 0.05) is 0 Å². The summed E-state index contributed by atoms with van der Waals surface area (Å²) in [5.74, 6) is -0.250. The van der Waals surface area contributed by atoms with E-state index in [1.54, 1.807) is 20.8 Å². The molecule has 1 unspecified atom stereocenters. The number of ether oxygens (including phenoxy) is 1. The topological polar surface area (TPSA) is 79.5 Å². The number of carbonyl (C=O) groups excluding carboxylic acids is 1. The molecule has 0 bridgehead atoms. The SMILES string of the molecule is Cc1ccc(CS(=O)(CC#N)=NC(=O)OC(C)(C)C)cc1. The number of nitrogens with zero attached hydrogens (tertiary/aromatic N) is 2. The third-order valence-electron chi connectivity index (χ3n) is 2.44. The molecule has 1 aromatic carbocycles. The van der Waals surface area contributed by atoms with Crippen LogP contribution in [0, 0.1) is 18.3 Å². The summed E-state index contributed by atoms with van der Waals surface area (Å²) in [4.78, 5) is 11.7. The molecule has 5 nitrogen and oxygen atoms in total. The lowest BCUT2D eigenvalue weighted by Gasteiger charge is -2.17. The van der Waals surface area contributed by atoms with Gasteiger partial charge in [-0.1, -0.05) is 29.8 Å². The van der Waals surface area contributed by atoms with Crippen molar-refractivity contribution in [1.82, 2.24) is 0 Å². The van der Waals surface area contributed by atoms with Crippen molar-refractivity contribution in [2.75, 3.05) is 5.75 Å². The quantitative estimate of drug-likeness (QED) is 0.857. The van der Waals surface area contributed by atoms with Crippen molar-refractivity contribution in [3.8, 4) is 6.07 Å². The van der Waals surface area contributed by atoms with E-state index in [2.05, 4.69) is 4.36 Å². The van der Waals surface area contributed by atoms with Crippen LogP contribution in [-0.2, 0) is 20.2 Å². The second kappa shape index (κ2) is 6.72. The van der Waals surface area contributed by atoms with Crippen molar-refractivity contribution in [2.24, 2.45) is 4.36 Å². The molecule has 0 aliphatic carbocycles. The highest BCUT2D eigenvalue weighted by molar-refractivity contribution is 7.93. The lowest BCUT2D eigenvalue weighted by molar-refractivity contribution is 0.0607. The molecule has 6 heteroatoms. The second-order valence-corrected chi connectivity index (χ2v) is 8.08. The number of nitriles is 1. The molecule has 0 N–H and O–H groups in total. The molecule has 1 atom stereocenters. The molecule has 0 radical (unpaired) electrons. The number of benzene rings is 1. The summed E-state index contributed by atoms with van der Waals surface area (Å²) in [5, 5.41) is 8.83. The van der Waals surface area contributed by atoms with Gasteiger partial charge >= 0.3 is 6.09 Å². The fourth-order valence-electron chi connectivity index (χ4n) is 1.58. The maximum absolute atomic E-state index is 12.6.